The number of rotatable bonds is 4. The van der Waals surface area contributed by atoms with E-state index in [-0.39, 0.29) is 30.3 Å². The summed E-state index contributed by atoms with van der Waals surface area (Å²) in [6.07, 6.45) is -0.334. The number of carbonyl (C=O) groups is 1. The van der Waals surface area contributed by atoms with Crippen LogP contribution in [0.1, 0.15) is 11.7 Å². The molecule has 0 aliphatic carbocycles. The summed E-state index contributed by atoms with van der Waals surface area (Å²) in [5, 5.41) is 5.95. The summed E-state index contributed by atoms with van der Waals surface area (Å²) >= 11 is 1.40. The summed E-state index contributed by atoms with van der Waals surface area (Å²) in [7, 11) is 0. The monoisotopic (exact) mass is 389 g/mol. The van der Waals surface area contributed by atoms with Crippen LogP contribution in [-0.4, -0.2) is 40.3 Å². The summed E-state index contributed by atoms with van der Waals surface area (Å²) in [5.74, 6) is -1.04. The van der Waals surface area contributed by atoms with Crippen molar-refractivity contribution in [1.82, 2.24) is 14.7 Å². The highest BCUT2D eigenvalue weighted by Crippen LogP contribution is 2.23. The van der Waals surface area contributed by atoms with E-state index < -0.39 is 5.76 Å². The highest BCUT2D eigenvalue weighted by molar-refractivity contribution is 7.13. The predicted octanol–water partition coefficient (Wildman–Crippen LogP) is 2.30. The molecule has 140 valence electrons. The van der Waals surface area contributed by atoms with Crippen LogP contribution in [0.2, 0.25) is 0 Å². The summed E-state index contributed by atoms with van der Waals surface area (Å²) < 4.78 is 24.9. The van der Waals surface area contributed by atoms with Gasteiger partial charge in [0, 0.05) is 6.54 Å². The van der Waals surface area contributed by atoms with E-state index in [0.717, 1.165) is 15.1 Å². The molecule has 0 bridgehead atoms. The average Bonchev–Trinajstić information content (AvgIpc) is 3.33. The van der Waals surface area contributed by atoms with Crippen LogP contribution in [0.25, 0.3) is 10.8 Å². The van der Waals surface area contributed by atoms with Crippen molar-refractivity contribution in [3.05, 3.63) is 63.7 Å². The van der Waals surface area contributed by atoms with Crippen LogP contribution in [0.15, 0.2) is 51.0 Å². The Hall–Kier alpha value is -2.78. The van der Waals surface area contributed by atoms with Gasteiger partial charge in [0.2, 0.25) is 5.91 Å². The fraction of sp³-hybridized carbons (Fsp3) is 0.278. The second-order valence-corrected chi connectivity index (χ2v) is 7.01. The molecule has 2 aromatic heterocycles. The lowest BCUT2D eigenvalue weighted by Gasteiger charge is -2.33. The number of hydrogen-bond acceptors (Lipinski definition) is 6. The molecular formula is C18H16FN3O4S. The van der Waals surface area contributed by atoms with E-state index in [9.17, 15) is 14.0 Å². The molecule has 0 saturated carbocycles. The fourth-order valence-electron chi connectivity index (χ4n) is 2.89. The molecule has 1 unspecified atom stereocenters. The van der Waals surface area contributed by atoms with Crippen molar-refractivity contribution in [2.45, 2.75) is 12.6 Å². The molecule has 7 nitrogen and oxygen atoms in total. The van der Waals surface area contributed by atoms with Crippen LogP contribution in [0, 0.1) is 5.82 Å². The van der Waals surface area contributed by atoms with Crippen molar-refractivity contribution in [1.29, 1.82) is 0 Å². The van der Waals surface area contributed by atoms with Crippen molar-refractivity contribution < 1.29 is 18.3 Å². The summed E-state index contributed by atoms with van der Waals surface area (Å²) in [6, 6.07) is 9.62. The van der Waals surface area contributed by atoms with Crippen molar-refractivity contribution in [3.63, 3.8) is 0 Å². The van der Waals surface area contributed by atoms with Crippen LogP contribution < -0.4 is 5.76 Å². The van der Waals surface area contributed by atoms with Crippen LogP contribution >= 0.6 is 11.3 Å². The van der Waals surface area contributed by atoms with Crippen LogP contribution in [-0.2, 0) is 16.1 Å². The molecule has 1 aliphatic heterocycles. The minimum Gasteiger partial charge on any atom is -0.387 e. The van der Waals surface area contributed by atoms with Gasteiger partial charge in [-0.1, -0.05) is 18.2 Å². The fourth-order valence-corrected chi connectivity index (χ4v) is 3.53. The van der Waals surface area contributed by atoms with Gasteiger partial charge in [-0.2, -0.15) is 4.68 Å². The molecule has 3 heterocycles. The number of aromatic nitrogens is 2. The highest BCUT2D eigenvalue weighted by atomic mass is 32.1. The Morgan fingerprint density at radius 3 is 2.85 bits per heavy atom. The molecule has 1 fully saturated rings. The number of halogens is 1. The van der Waals surface area contributed by atoms with E-state index in [1.165, 1.54) is 23.5 Å². The third kappa shape index (κ3) is 3.83. The zero-order valence-corrected chi connectivity index (χ0v) is 15.0. The number of thiophene rings is 1. The van der Waals surface area contributed by atoms with Gasteiger partial charge >= 0.3 is 5.76 Å². The van der Waals surface area contributed by atoms with E-state index in [1.54, 1.807) is 23.1 Å². The second-order valence-electron chi connectivity index (χ2n) is 6.06. The van der Waals surface area contributed by atoms with Crippen molar-refractivity contribution in [3.8, 4) is 10.8 Å². The van der Waals surface area contributed by atoms with E-state index in [4.69, 9.17) is 9.15 Å². The van der Waals surface area contributed by atoms with Gasteiger partial charge in [0.05, 0.1) is 18.0 Å². The first-order chi connectivity index (χ1) is 13.1. The molecule has 9 heteroatoms. The molecular weight excluding hydrogens is 373 g/mol. The van der Waals surface area contributed by atoms with Crippen molar-refractivity contribution in [2.24, 2.45) is 0 Å². The minimum atomic E-state index is -0.671. The summed E-state index contributed by atoms with van der Waals surface area (Å²) in [5.41, 5.74) is 0.799. The normalized spacial score (nSPS) is 17.2. The molecule has 0 N–H and O–H groups in total. The molecule has 0 spiro atoms. The van der Waals surface area contributed by atoms with Crippen LogP contribution in [0.4, 0.5) is 4.39 Å². The molecule has 0 radical (unpaired) electrons. The van der Waals surface area contributed by atoms with Gasteiger partial charge in [-0.25, -0.2) is 9.18 Å². The molecule has 27 heavy (non-hydrogen) atoms. The molecule has 1 amide bonds. The quantitative estimate of drug-likeness (QED) is 0.684. The number of carbonyl (C=O) groups excluding carboxylic acids is 1. The smallest absolute Gasteiger partial charge is 0.387 e. The standard InChI is InChI=1S/C18H16FN3O4S/c19-13-5-3-12(4-6-13)14-10-21(7-8-25-14)16(23)11-22-18(24)26-17(20-22)15-2-1-9-27-15/h1-6,9,14H,7-8,10-11H2. The largest absolute Gasteiger partial charge is 0.437 e. The summed E-state index contributed by atoms with van der Waals surface area (Å²) in [6.45, 7) is 0.904. The number of hydrogen-bond donors (Lipinski definition) is 0. The number of morpholine rings is 1. The first-order valence-corrected chi connectivity index (χ1v) is 9.25. The topological polar surface area (TPSA) is 77.6 Å². The first kappa shape index (κ1) is 17.6. The van der Waals surface area contributed by atoms with E-state index >= 15 is 0 Å². The van der Waals surface area contributed by atoms with E-state index in [0.29, 0.717) is 19.7 Å². The van der Waals surface area contributed by atoms with Crippen molar-refractivity contribution in [2.75, 3.05) is 19.7 Å². The Kier molecular flexibility index (Phi) is 4.87. The zero-order chi connectivity index (χ0) is 18.8. The summed E-state index contributed by atoms with van der Waals surface area (Å²) in [4.78, 5) is 26.9. The number of ether oxygens (including phenoxy) is 1. The molecule has 1 aliphatic rings. The molecule has 1 aromatic carbocycles. The average molecular weight is 389 g/mol. The van der Waals surface area contributed by atoms with Gasteiger partial charge in [-0.15, -0.1) is 16.4 Å². The Morgan fingerprint density at radius 1 is 1.30 bits per heavy atom. The molecule has 1 saturated heterocycles. The van der Waals surface area contributed by atoms with Crippen LogP contribution in [0.5, 0.6) is 0 Å². The third-order valence-corrected chi connectivity index (χ3v) is 5.14. The Bertz CT molecular complexity index is 981. The lowest BCUT2D eigenvalue weighted by Crippen LogP contribution is -2.44. The van der Waals surface area contributed by atoms with Gasteiger partial charge in [0.15, 0.2) is 0 Å². The maximum absolute atomic E-state index is 13.1. The lowest BCUT2D eigenvalue weighted by atomic mass is 10.1. The van der Waals surface area contributed by atoms with Gasteiger partial charge < -0.3 is 14.1 Å². The van der Waals surface area contributed by atoms with Crippen LogP contribution in [0.3, 0.4) is 0 Å². The van der Waals surface area contributed by atoms with Gasteiger partial charge in [0.25, 0.3) is 5.89 Å². The minimum absolute atomic E-state index is 0.203. The Labute approximate surface area is 157 Å². The Balaban J connectivity index is 1.45. The molecule has 3 aromatic rings. The maximum Gasteiger partial charge on any atom is 0.437 e. The number of amides is 1. The predicted molar refractivity (Wildman–Crippen MR) is 95.7 cm³/mol. The maximum atomic E-state index is 13.1. The van der Waals surface area contributed by atoms with Gasteiger partial charge in [-0.3, -0.25) is 4.79 Å². The number of nitrogens with zero attached hydrogens (tertiary/aromatic N) is 3. The Morgan fingerprint density at radius 2 is 2.11 bits per heavy atom. The molecule has 4 rings (SSSR count). The first-order valence-electron chi connectivity index (χ1n) is 8.37. The van der Waals surface area contributed by atoms with E-state index in [1.807, 2.05) is 11.4 Å². The molecule has 1 atom stereocenters. The van der Waals surface area contributed by atoms with Gasteiger partial charge in [-0.05, 0) is 29.1 Å². The van der Waals surface area contributed by atoms with Crippen molar-refractivity contribution >= 4 is 17.2 Å². The number of benzene rings is 1. The van der Waals surface area contributed by atoms with E-state index in [2.05, 4.69) is 5.10 Å². The third-order valence-electron chi connectivity index (χ3n) is 4.28. The zero-order valence-electron chi connectivity index (χ0n) is 14.2. The highest BCUT2D eigenvalue weighted by Gasteiger charge is 2.26. The SMILES string of the molecule is O=C(Cn1nc(-c2cccs2)oc1=O)N1CCOC(c2ccc(F)cc2)C1. The second kappa shape index (κ2) is 7.45. The van der Waals surface area contributed by atoms with Gasteiger partial charge in [0.1, 0.15) is 18.5 Å². The lowest BCUT2D eigenvalue weighted by molar-refractivity contribution is -0.140.